The fraction of sp³-hybridized carbons (Fsp3) is 0.333. The zero-order valence-electron chi connectivity index (χ0n) is 7.14. The van der Waals surface area contributed by atoms with Gasteiger partial charge in [-0.25, -0.2) is 0 Å². The van der Waals surface area contributed by atoms with Gasteiger partial charge in [-0.05, 0) is 37.2 Å². The van der Waals surface area contributed by atoms with Gasteiger partial charge in [0, 0.05) is 0 Å². The van der Waals surface area contributed by atoms with Crippen molar-refractivity contribution in [2.75, 3.05) is 0 Å². The second kappa shape index (κ2) is 4.09. The summed E-state index contributed by atoms with van der Waals surface area (Å²) in [7, 11) is 2.77. The molecule has 11 heavy (non-hydrogen) atoms. The maximum absolute atomic E-state index is 2.77. The van der Waals surface area contributed by atoms with Gasteiger partial charge in [0.25, 0.3) is 0 Å². The Hall–Kier alpha value is -0.0600. The third-order valence-corrected chi connectivity index (χ3v) is 2.65. The fourth-order valence-corrected chi connectivity index (χ4v) is 1.36. The SMILES string of the molecule is Cc1cc(C)c(P)c(C)c1.Cl. The summed E-state index contributed by atoms with van der Waals surface area (Å²) in [6, 6.07) is 4.41. The van der Waals surface area contributed by atoms with E-state index in [0.29, 0.717) is 0 Å². The molecule has 0 amide bonds. The molecule has 0 bridgehead atoms. The molecule has 0 N–H and O–H groups in total. The highest BCUT2D eigenvalue weighted by atomic mass is 35.5. The lowest BCUT2D eigenvalue weighted by Crippen LogP contribution is -2.01. The Morgan fingerprint density at radius 1 is 1.00 bits per heavy atom. The molecule has 1 rings (SSSR count). The van der Waals surface area contributed by atoms with Crippen molar-refractivity contribution in [3.05, 3.63) is 28.8 Å². The quantitative estimate of drug-likeness (QED) is 0.549. The van der Waals surface area contributed by atoms with E-state index in [-0.39, 0.29) is 12.4 Å². The fourth-order valence-electron chi connectivity index (χ4n) is 1.19. The van der Waals surface area contributed by atoms with Crippen molar-refractivity contribution in [1.29, 1.82) is 0 Å². The van der Waals surface area contributed by atoms with Crippen LogP contribution in [-0.4, -0.2) is 0 Å². The Balaban J connectivity index is 0.000001000. The number of hydrogen-bond donors (Lipinski definition) is 0. The summed E-state index contributed by atoms with van der Waals surface area (Å²) in [6.07, 6.45) is 0. The molecule has 0 radical (unpaired) electrons. The molecule has 0 heterocycles. The smallest absolute Gasteiger partial charge is 0.0244 e. The van der Waals surface area contributed by atoms with Crippen LogP contribution >= 0.6 is 21.6 Å². The van der Waals surface area contributed by atoms with Crippen molar-refractivity contribution in [1.82, 2.24) is 0 Å². The average molecular weight is 189 g/mol. The second-order valence-corrected chi connectivity index (χ2v) is 3.39. The standard InChI is InChI=1S/C9H13P.ClH/c1-6-4-7(2)9(10)8(3)5-6;/h4-5H,10H2,1-3H3;1H. The van der Waals surface area contributed by atoms with Crippen LogP contribution < -0.4 is 5.30 Å². The van der Waals surface area contributed by atoms with Crippen LogP contribution in [0, 0.1) is 20.8 Å². The van der Waals surface area contributed by atoms with Crippen molar-refractivity contribution in [2.24, 2.45) is 0 Å². The minimum absolute atomic E-state index is 0. The maximum atomic E-state index is 2.77. The van der Waals surface area contributed by atoms with E-state index in [9.17, 15) is 0 Å². The molecule has 0 aromatic heterocycles. The molecule has 1 aromatic rings. The van der Waals surface area contributed by atoms with E-state index in [1.54, 1.807) is 0 Å². The van der Waals surface area contributed by atoms with Crippen molar-refractivity contribution in [3.63, 3.8) is 0 Å². The Morgan fingerprint density at radius 3 is 1.73 bits per heavy atom. The topological polar surface area (TPSA) is 0 Å². The number of halogens is 1. The monoisotopic (exact) mass is 188 g/mol. The molecule has 0 aliphatic heterocycles. The Morgan fingerprint density at radius 2 is 1.36 bits per heavy atom. The van der Waals surface area contributed by atoms with Crippen molar-refractivity contribution >= 4 is 27.0 Å². The number of aryl methyl sites for hydroxylation is 3. The minimum atomic E-state index is 0. The summed E-state index contributed by atoms with van der Waals surface area (Å²) in [5.41, 5.74) is 4.08. The normalized spacial score (nSPS) is 9.09. The summed E-state index contributed by atoms with van der Waals surface area (Å²) in [5.74, 6) is 0. The number of rotatable bonds is 0. The summed E-state index contributed by atoms with van der Waals surface area (Å²) in [6.45, 7) is 6.41. The number of hydrogen-bond acceptors (Lipinski definition) is 0. The lowest BCUT2D eigenvalue weighted by molar-refractivity contribution is 1.36. The van der Waals surface area contributed by atoms with Gasteiger partial charge >= 0.3 is 0 Å². The molecule has 0 saturated carbocycles. The summed E-state index contributed by atoms with van der Waals surface area (Å²) in [5, 5.41) is 1.34. The van der Waals surface area contributed by atoms with Crippen molar-refractivity contribution in [3.8, 4) is 0 Å². The van der Waals surface area contributed by atoms with Gasteiger partial charge in [0.2, 0.25) is 0 Å². The molecular weight excluding hydrogens is 175 g/mol. The molecule has 0 fully saturated rings. The molecule has 0 aliphatic rings. The number of benzene rings is 1. The van der Waals surface area contributed by atoms with Crippen LogP contribution in [0.15, 0.2) is 12.1 Å². The highest BCUT2D eigenvalue weighted by Crippen LogP contribution is 2.07. The van der Waals surface area contributed by atoms with Gasteiger partial charge in [-0.1, -0.05) is 17.7 Å². The molecule has 0 nitrogen and oxygen atoms in total. The Kier molecular flexibility index (Phi) is 4.07. The third-order valence-electron chi connectivity index (χ3n) is 1.74. The van der Waals surface area contributed by atoms with Crippen LogP contribution in [0.3, 0.4) is 0 Å². The first kappa shape index (κ1) is 10.9. The van der Waals surface area contributed by atoms with Crippen LogP contribution in [0.2, 0.25) is 0 Å². The van der Waals surface area contributed by atoms with Crippen LogP contribution in [0.4, 0.5) is 0 Å². The lowest BCUT2D eigenvalue weighted by Gasteiger charge is -2.04. The maximum Gasteiger partial charge on any atom is -0.0244 e. The molecule has 2 heteroatoms. The van der Waals surface area contributed by atoms with Crippen LogP contribution in [-0.2, 0) is 0 Å². The molecule has 0 saturated heterocycles. The molecular formula is C9H14ClP. The van der Waals surface area contributed by atoms with Crippen LogP contribution in [0.5, 0.6) is 0 Å². The van der Waals surface area contributed by atoms with E-state index >= 15 is 0 Å². The van der Waals surface area contributed by atoms with Gasteiger partial charge in [0.15, 0.2) is 0 Å². The van der Waals surface area contributed by atoms with Gasteiger partial charge in [0.05, 0.1) is 0 Å². The minimum Gasteiger partial charge on any atom is -0.147 e. The first-order chi connectivity index (χ1) is 4.61. The van der Waals surface area contributed by atoms with E-state index in [1.807, 2.05) is 0 Å². The van der Waals surface area contributed by atoms with Crippen LogP contribution in [0.1, 0.15) is 16.7 Å². The third kappa shape index (κ3) is 2.47. The molecule has 1 aromatic carbocycles. The molecule has 0 spiro atoms. The van der Waals surface area contributed by atoms with Gasteiger partial charge in [-0.15, -0.1) is 21.6 Å². The van der Waals surface area contributed by atoms with E-state index in [4.69, 9.17) is 0 Å². The van der Waals surface area contributed by atoms with Crippen molar-refractivity contribution in [2.45, 2.75) is 20.8 Å². The van der Waals surface area contributed by atoms with E-state index in [1.165, 1.54) is 22.0 Å². The zero-order valence-corrected chi connectivity index (χ0v) is 9.11. The largest absolute Gasteiger partial charge is 0.147 e. The predicted molar refractivity (Wildman–Crippen MR) is 57.2 cm³/mol. The first-order valence-electron chi connectivity index (χ1n) is 3.44. The summed E-state index contributed by atoms with van der Waals surface area (Å²) in [4.78, 5) is 0. The molecule has 62 valence electrons. The molecule has 0 aliphatic carbocycles. The van der Waals surface area contributed by atoms with Crippen LogP contribution in [0.25, 0.3) is 0 Å². The van der Waals surface area contributed by atoms with E-state index < -0.39 is 0 Å². The predicted octanol–water partition coefficient (Wildman–Crippen LogP) is 2.53. The summed E-state index contributed by atoms with van der Waals surface area (Å²) >= 11 is 0. The first-order valence-corrected chi connectivity index (χ1v) is 4.02. The zero-order chi connectivity index (χ0) is 7.72. The Bertz CT molecular complexity index is 233. The van der Waals surface area contributed by atoms with Gasteiger partial charge < -0.3 is 0 Å². The Labute approximate surface area is 77.0 Å². The van der Waals surface area contributed by atoms with Gasteiger partial charge in [-0.3, -0.25) is 0 Å². The van der Waals surface area contributed by atoms with E-state index in [2.05, 4.69) is 42.1 Å². The molecule has 1 atom stereocenters. The highest BCUT2D eigenvalue weighted by Gasteiger charge is 1.96. The van der Waals surface area contributed by atoms with Gasteiger partial charge in [-0.2, -0.15) is 0 Å². The highest BCUT2D eigenvalue weighted by molar-refractivity contribution is 7.27. The lowest BCUT2D eigenvalue weighted by atomic mass is 10.1. The summed E-state index contributed by atoms with van der Waals surface area (Å²) < 4.78 is 0. The average Bonchev–Trinajstić information content (AvgIpc) is 1.82. The van der Waals surface area contributed by atoms with E-state index in [0.717, 1.165) is 0 Å². The van der Waals surface area contributed by atoms with Crippen molar-refractivity contribution < 1.29 is 0 Å². The molecule has 1 unspecified atom stereocenters. The second-order valence-electron chi connectivity index (χ2n) is 2.81. The van der Waals surface area contributed by atoms with Gasteiger partial charge in [0.1, 0.15) is 0 Å².